The van der Waals surface area contributed by atoms with Gasteiger partial charge in [0.25, 0.3) is 0 Å². The Hall–Kier alpha value is -1.30. The first-order valence-electron chi connectivity index (χ1n) is 5.45. The molecule has 1 heterocycles. The highest BCUT2D eigenvalue weighted by Crippen LogP contribution is 2.09. The molecule has 0 aromatic carbocycles. The van der Waals surface area contributed by atoms with Gasteiger partial charge in [-0.05, 0) is 6.42 Å². The normalized spacial score (nSPS) is 10.4. The molecule has 1 rings (SSSR count). The second kappa shape index (κ2) is 6.44. The van der Waals surface area contributed by atoms with Crippen molar-refractivity contribution in [2.24, 2.45) is 0 Å². The summed E-state index contributed by atoms with van der Waals surface area (Å²) in [5.74, 6) is 0.652. The predicted molar refractivity (Wildman–Crippen MR) is 67.1 cm³/mol. The van der Waals surface area contributed by atoms with Gasteiger partial charge in [-0.1, -0.05) is 6.92 Å². The minimum absolute atomic E-state index is 0.274. The molecule has 0 radical (unpaired) electrons. The smallest absolute Gasteiger partial charge is 0.354 e. The molecule has 0 unspecified atom stereocenters. The zero-order chi connectivity index (χ0) is 12.8. The van der Waals surface area contributed by atoms with Gasteiger partial charge >= 0.3 is 11.7 Å². The zero-order valence-corrected chi connectivity index (χ0v) is 11.1. The Labute approximate surface area is 105 Å². The van der Waals surface area contributed by atoms with Gasteiger partial charge in [0.2, 0.25) is 5.95 Å². The van der Waals surface area contributed by atoms with Crippen LogP contribution in [0.1, 0.15) is 13.3 Å². The van der Waals surface area contributed by atoms with Crippen LogP contribution in [0.5, 0.6) is 6.01 Å². The molecule has 96 valence electrons. The molecule has 17 heavy (non-hydrogen) atoms. The second-order valence-corrected chi connectivity index (χ2v) is 4.05. The van der Waals surface area contributed by atoms with E-state index in [4.69, 9.17) is 16.3 Å². The van der Waals surface area contributed by atoms with Crippen LogP contribution in [0.3, 0.4) is 0 Å². The monoisotopic (exact) mass is 260 g/mol. The van der Waals surface area contributed by atoms with Crippen molar-refractivity contribution in [2.45, 2.75) is 19.9 Å². The highest BCUT2D eigenvalue weighted by atomic mass is 35.5. The third-order valence-corrected chi connectivity index (χ3v) is 2.17. The SMILES string of the molecule is CCCOc1nc(N(C)C)nc(=O)n1CCCl. The summed E-state index contributed by atoms with van der Waals surface area (Å²) in [5.41, 5.74) is -0.393. The van der Waals surface area contributed by atoms with E-state index in [0.29, 0.717) is 25.0 Å². The number of anilines is 1. The molecule has 0 spiro atoms. The standard InChI is InChI=1S/C10H17ClN4O2/c1-4-7-17-10-13-8(14(2)3)12-9(16)15(10)6-5-11/h4-7H2,1-3H3. The van der Waals surface area contributed by atoms with Crippen molar-refractivity contribution in [3.05, 3.63) is 10.5 Å². The van der Waals surface area contributed by atoms with Gasteiger partial charge in [-0.2, -0.15) is 9.97 Å². The summed E-state index contributed by atoms with van der Waals surface area (Å²) in [6.07, 6.45) is 0.844. The highest BCUT2D eigenvalue weighted by Gasteiger charge is 2.11. The van der Waals surface area contributed by atoms with Crippen LogP contribution in [0.15, 0.2) is 4.79 Å². The zero-order valence-electron chi connectivity index (χ0n) is 10.3. The second-order valence-electron chi connectivity index (χ2n) is 3.67. The van der Waals surface area contributed by atoms with Gasteiger partial charge in [0.1, 0.15) is 0 Å². The maximum absolute atomic E-state index is 11.8. The van der Waals surface area contributed by atoms with Crippen LogP contribution in [0, 0.1) is 0 Å². The molecule has 6 nitrogen and oxygen atoms in total. The molecule has 0 fully saturated rings. The lowest BCUT2D eigenvalue weighted by molar-refractivity contribution is 0.271. The number of aromatic nitrogens is 3. The Bertz CT molecular complexity index is 419. The summed E-state index contributed by atoms with van der Waals surface area (Å²) in [7, 11) is 3.54. The molecule has 1 aromatic rings. The number of hydrogen-bond acceptors (Lipinski definition) is 5. The lowest BCUT2D eigenvalue weighted by Crippen LogP contribution is -2.29. The summed E-state index contributed by atoms with van der Waals surface area (Å²) in [5, 5.41) is 0. The van der Waals surface area contributed by atoms with Gasteiger partial charge in [-0.3, -0.25) is 0 Å². The third kappa shape index (κ3) is 3.59. The van der Waals surface area contributed by atoms with Gasteiger partial charge in [0.15, 0.2) is 0 Å². The fourth-order valence-corrected chi connectivity index (χ4v) is 1.35. The van der Waals surface area contributed by atoms with E-state index in [1.807, 2.05) is 6.92 Å². The Balaban J connectivity index is 3.14. The fourth-order valence-electron chi connectivity index (χ4n) is 1.18. The first kappa shape index (κ1) is 13.8. The number of rotatable bonds is 6. The average molecular weight is 261 g/mol. The topological polar surface area (TPSA) is 60.2 Å². The van der Waals surface area contributed by atoms with Crippen LogP contribution in [-0.2, 0) is 6.54 Å². The van der Waals surface area contributed by atoms with Gasteiger partial charge in [0, 0.05) is 26.5 Å². The van der Waals surface area contributed by atoms with Crippen molar-refractivity contribution in [2.75, 3.05) is 31.5 Å². The Morgan fingerprint density at radius 3 is 2.65 bits per heavy atom. The molecule has 0 saturated carbocycles. The van der Waals surface area contributed by atoms with Crippen molar-refractivity contribution in [1.82, 2.24) is 14.5 Å². The molecule has 0 bridgehead atoms. The molecule has 0 amide bonds. The largest absolute Gasteiger partial charge is 0.464 e. The molecule has 7 heteroatoms. The van der Waals surface area contributed by atoms with Gasteiger partial charge in [-0.25, -0.2) is 9.36 Å². The molecule has 0 atom stereocenters. The van der Waals surface area contributed by atoms with E-state index in [0.717, 1.165) is 6.42 Å². The number of hydrogen-bond donors (Lipinski definition) is 0. The maximum atomic E-state index is 11.8. The predicted octanol–water partition coefficient (Wildman–Crippen LogP) is 0.732. The molecular formula is C10H17ClN4O2. The lowest BCUT2D eigenvalue weighted by Gasteiger charge is -2.14. The summed E-state index contributed by atoms with van der Waals surface area (Å²) in [4.78, 5) is 21.5. The van der Waals surface area contributed by atoms with E-state index in [2.05, 4.69) is 9.97 Å². The molecular weight excluding hydrogens is 244 g/mol. The summed E-state index contributed by atoms with van der Waals surface area (Å²) >= 11 is 5.64. The number of nitrogens with zero attached hydrogens (tertiary/aromatic N) is 4. The molecule has 0 saturated heterocycles. The summed E-state index contributed by atoms with van der Waals surface area (Å²) < 4.78 is 6.78. The highest BCUT2D eigenvalue weighted by molar-refractivity contribution is 6.17. The van der Waals surface area contributed by atoms with Crippen molar-refractivity contribution in [3.63, 3.8) is 0 Å². The number of alkyl halides is 1. The first-order chi connectivity index (χ1) is 8.10. The van der Waals surface area contributed by atoms with Crippen molar-refractivity contribution < 1.29 is 4.74 Å². The third-order valence-electron chi connectivity index (χ3n) is 2.00. The Kier molecular flexibility index (Phi) is 5.21. The van der Waals surface area contributed by atoms with Crippen molar-refractivity contribution in [3.8, 4) is 6.01 Å². The molecule has 1 aromatic heterocycles. The van der Waals surface area contributed by atoms with Crippen LogP contribution in [-0.4, -0.2) is 41.1 Å². The van der Waals surface area contributed by atoms with Crippen LogP contribution < -0.4 is 15.3 Å². The van der Waals surface area contributed by atoms with E-state index in [1.54, 1.807) is 19.0 Å². The lowest BCUT2D eigenvalue weighted by atomic mass is 10.5. The van der Waals surface area contributed by atoms with Gasteiger partial charge in [-0.15, -0.1) is 11.6 Å². The molecule has 0 aliphatic carbocycles. The summed E-state index contributed by atoms with van der Waals surface area (Å²) in [6.45, 7) is 2.83. The van der Waals surface area contributed by atoms with E-state index < -0.39 is 5.69 Å². The Morgan fingerprint density at radius 2 is 2.12 bits per heavy atom. The number of ether oxygens (including phenoxy) is 1. The maximum Gasteiger partial charge on any atom is 0.354 e. The van der Waals surface area contributed by atoms with Crippen molar-refractivity contribution in [1.29, 1.82) is 0 Å². The van der Waals surface area contributed by atoms with Gasteiger partial charge < -0.3 is 9.64 Å². The van der Waals surface area contributed by atoms with E-state index in [9.17, 15) is 4.79 Å². The summed E-state index contributed by atoms with van der Waals surface area (Å²) in [6, 6.07) is 0.274. The van der Waals surface area contributed by atoms with E-state index >= 15 is 0 Å². The molecule has 0 aliphatic rings. The minimum Gasteiger partial charge on any atom is -0.464 e. The van der Waals surface area contributed by atoms with Crippen molar-refractivity contribution >= 4 is 17.5 Å². The quantitative estimate of drug-likeness (QED) is 0.706. The minimum atomic E-state index is -0.393. The van der Waals surface area contributed by atoms with Crippen LogP contribution >= 0.6 is 11.6 Å². The molecule has 0 N–H and O–H groups in total. The average Bonchev–Trinajstić information content (AvgIpc) is 2.29. The van der Waals surface area contributed by atoms with Crippen LogP contribution in [0.2, 0.25) is 0 Å². The van der Waals surface area contributed by atoms with Crippen LogP contribution in [0.25, 0.3) is 0 Å². The van der Waals surface area contributed by atoms with Gasteiger partial charge in [0.05, 0.1) is 6.61 Å². The van der Waals surface area contributed by atoms with E-state index in [-0.39, 0.29) is 6.01 Å². The van der Waals surface area contributed by atoms with Crippen LogP contribution in [0.4, 0.5) is 5.95 Å². The number of halogens is 1. The Morgan fingerprint density at radius 1 is 1.41 bits per heavy atom. The van der Waals surface area contributed by atoms with E-state index in [1.165, 1.54) is 4.57 Å². The first-order valence-corrected chi connectivity index (χ1v) is 5.98. The fraction of sp³-hybridized carbons (Fsp3) is 0.700. The molecule has 0 aliphatic heterocycles.